The lowest BCUT2D eigenvalue weighted by Crippen LogP contribution is -2.45. The second kappa shape index (κ2) is 5.94. The highest BCUT2D eigenvalue weighted by Gasteiger charge is 2.39. The molecule has 1 saturated carbocycles. The maximum atomic E-state index is 12.7. The number of para-hydroxylation sites is 1. The van der Waals surface area contributed by atoms with Gasteiger partial charge in [-0.25, -0.2) is 4.79 Å². The zero-order valence-corrected chi connectivity index (χ0v) is 12.0. The number of carbonyl (C=O) groups excluding carboxylic acids is 2. The first kappa shape index (κ1) is 14.4. The summed E-state index contributed by atoms with van der Waals surface area (Å²) in [7, 11) is 2.86. The average Bonchev–Trinajstić information content (AvgIpc) is 3.30. The molecule has 108 valence electrons. The fourth-order valence-electron chi connectivity index (χ4n) is 2.26. The lowest BCUT2D eigenvalue weighted by molar-refractivity contribution is -0.145. The van der Waals surface area contributed by atoms with E-state index in [1.165, 1.54) is 14.2 Å². The van der Waals surface area contributed by atoms with Crippen LogP contribution < -0.4 is 4.74 Å². The molecule has 1 amide bonds. The molecule has 1 aliphatic rings. The molecule has 2 rings (SSSR count). The molecule has 0 bridgehead atoms. The zero-order chi connectivity index (χ0) is 14.7. The summed E-state index contributed by atoms with van der Waals surface area (Å²) in [5.41, 5.74) is 0.470. The highest BCUT2D eigenvalue weighted by Crippen LogP contribution is 2.32. The van der Waals surface area contributed by atoms with Crippen LogP contribution in [0.5, 0.6) is 5.75 Å². The van der Waals surface area contributed by atoms with E-state index in [0.717, 1.165) is 12.8 Å². The Morgan fingerprint density at radius 3 is 2.45 bits per heavy atom. The number of benzene rings is 1. The van der Waals surface area contributed by atoms with Gasteiger partial charge in [-0.3, -0.25) is 4.79 Å². The van der Waals surface area contributed by atoms with Crippen molar-refractivity contribution < 1.29 is 19.1 Å². The van der Waals surface area contributed by atoms with Gasteiger partial charge in [0.1, 0.15) is 11.8 Å². The van der Waals surface area contributed by atoms with E-state index in [2.05, 4.69) is 0 Å². The number of amides is 1. The summed E-state index contributed by atoms with van der Waals surface area (Å²) < 4.78 is 9.97. The normalized spacial score (nSPS) is 15.3. The summed E-state index contributed by atoms with van der Waals surface area (Å²) in [6, 6.07) is 6.55. The number of rotatable bonds is 5. The summed E-state index contributed by atoms with van der Waals surface area (Å²) in [4.78, 5) is 26.0. The van der Waals surface area contributed by atoms with Crippen LogP contribution in [0.1, 0.15) is 30.1 Å². The Kier molecular flexibility index (Phi) is 4.27. The predicted octanol–water partition coefficient (Wildman–Crippen LogP) is 1.86. The predicted molar refractivity (Wildman–Crippen MR) is 73.7 cm³/mol. The van der Waals surface area contributed by atoms with Crippen molar-refractivity contribution in [2.75, 3.05) is 14.2 Å². The van der Waals surface area contributed by atoms with Gasteiger partial charge in [0.2, 0.25) is 0 Å². The third-order valence-electron chi connectivity index (χ3n) is 3.47. The number of hydrogen-bond donors (Lipinski definition) is 0. The Bertz CT molecular complexity index is 510. The van der Waals surface area contributed by atoms with Crippen molar-refractivity contribution in [3.8, 4) is 5.75 Å². The largest absolute Gasteiger partial charge is 0.496 e. The molecule has 0 spiro atoms. The molecule has 0 radical (unpaired) electrons. The fourth-order valence-corrected chi connectivity index (χ4v) is 2.26. The lowest BCUT2D eigenvalue weighted by atomic mass is 10.1. The number of ether oxygens (including phenoxy) is 2. The molecule has 0 saturated heterocycles. The monoisotopic (exact) mass is 277 g/mol. The summed E-state index contributed by atoms with van der Waals surface area (Å²) in [6.07, 6.45) is 1.84. The minimum atomic E-state index is -0.593. The number of nitrogens with zero attached hydrogens (tertiary/aromatic N) is 1. The molecular formula is C15H19NO4. The van der Waals surface area contributed by atoms with Crippen LogP contribution in [0.4, 0.5) is 0 Å². The molecule has 5 nitrogen and oxygen atoms in total. The van der Waals surface area contributed by atoms with Crippen molar-refractivity contribution in [3.05, 3.63) is 29.8 Å². The van der Waals surface area contributed by atoms with E-state index < -0.39 is 12.0 Å². The Balaban J connectivity index is 2.30. The standard InChI is InChI=1S/C15H19NO4/c1-10(15(18)20-3)16(11-8-9-11)14(17)12-6-4-5-7-13(12)19-2/h4-7,10-11H,8-9H2,1-3H3. The van der Waals surface area contributed by atoms with Crippen molar-refractivity contribution in [1.82, 2.24) is 4.90 Å². The molecule has 1 unspecified atom stereocenters. The van der Waals surface area contributed by atoms with Crippen LogP contribution in [0.3, 0.4) is 0 Å². The molecule has 0 aliphatic heterocycles. The van der Waals surface area contributed by atoms with Gasteiger partial charge in [0.15, 0.2) is 0 Å². The van der Waals surface area contributed by atoms with E-state index in [9.17, 15) is 9.59 Å². The topological polar surface area (TPSA) is 55.8 Å². The van der Waals surface area contributed by atoms with Gasteiger partial charge in [-0.15, -0.1) is 0 Å². The Hall–Kier alpha value is -2.04. The van der Waals surface area contributed by atoms with Crippen LogP contribution in [0, 0.1) is 0 Å². The molecule has 0 N–H and O–H groups in total. The van der Waals surface area contributed by atoms with Gasteiger partial charge in [-0.05, 0) is 31.9 Å². The van der Waals surface area contributed by atoms with Crippen LogP contribution in [-0.4, -0.2) is 43.1 Å². The minimum Gasteiger partial charge on any atom is -0.496 e. The molecular weight excluding hydrogens is 258 g/mol. The van der Waals surface area contributed by atoms with Gasteiger partial charge >= 0.3 is 5.97 Å². The fraction of sp³-hybridized carbons (Fsp3) is 0.467. The van der Waals surface area contributed by atoms with Crippen LogP contribution >= 0.6 is 0 Å². The summed E-state index contributed by atoms with van der Waals surface area (Å²) >= 11 is 0. The molecule has 1 aliphatic carbocycles. The van der Waals surface area contributed by atoms with E-state index in [-0.39, 0.29) is 11.9 Å². The second-order valence-electron chi connectivity index (χ2n) is 4.84. The summed E-state index contributed by atoms with van der Waals surface area (Å²) in [5, 5.41) is 0. The first-order valence-corrected chi connectivity index (χ1v) is 6.63. The quantitative estimate of drug-likeness (QED) is 0.771. The SMILES string of the molecule is COC(=O)C(C)N(C(=O)c1ccccc1OC)C1CC1. The van der Waals surface area contributed by atoms with E-state index in [0.29, 0.717) is 11.3 Å². The molecule has 1 fully saturated rings. The molecule has 1 aromatic rings. The van der Waals surface area contributed by atoms with Crippen LogP contribution in [-0.2, 0) is 9.53 Å². The third-order valence-corrected chi connectivity index (χ3v) is 3.47. The van der Waals surface area contributed by atoms with E-state index in [4.69, 9.17) is 9.47 Å². The number of methoxy groups -OCH3 is 2. The molecule has 0 heterocycles. The first-order chi connectivity index (χ1) is 9.60. The number of hydrogen-bond acceptors (Lipinski definition) is 4. The van der Waals surface area contributed by atoms with Gasteiger partial charge < -0.3 is 14.4 Å². The van der Waals surface area contributed by atoms with Crippen LogP contribution in [0.15, 0.2) is 24.3 Å². The Morgan fingerprint density at radius 1 is 1.25 bits per heavy atom. The first-order valence-electron chi connectivity index (χ1n) is 6.63. The minimum absolute atomic E-state index is 0.113. The highest BCUT2D eigenvalue weighted by molar-refractivity contribution is 5.99. The number of carbonyl (C=O) groups is 2. The molecule has 1 atom stereocenters. The van der Waals surface area contributed by atoms with Crippen molar-refractivity contribution >= 4 is 11.9 Å². The maximum absolute atomic E-state index is 12.7. The van der Waals surface area contributed by atoms with E-state index >= 15 is 0 Å². The molecule has 0 aromatic heterocycles. The van der Waals surface area contributed by atoms with E-state index in [1.807, 2.05) is 0 Å². The van der Waals surface area contributed by atoms with Crippen molar-refractivity contribution in [1.29, 1.82) is 0 Å². The second-order valence-corrected chi connectivity index (χ2v) is 4.84. The van der Waals surface area contributed by atoms with Gasteiger partial charge in [-0.2, -0.15) is 0 Å². The smallest absolute Gasteiger partial charge is 0.328 e. The Morgan fingerprint density at radius 2 is 1.90 bits per heavy atom. The molecule has 20 heavy (non-hydrogen) atoms. The van der Waals surface area contributed by atoms with Gasteiger partial charge in [0.25, 0.3) is 5.91 Å². The number of esters is 1. The van der Waals surface area contributed by atoms with Crippen molar-refractivity contribution in [2.45, 2.75) is 31.8 Å². The van der Waals surface area contributed by atoms with Crippen LogP contribution in [0.25, 0.3) is 0 Å². The van der Waals surface area contributed by atoms with Gasteiger partial charge in [0.05, 0.1) is 19.8 Å². The summed E-state index contributed by atoms with van der Waals surface area (Å²) in [5.74, 6) is -0.0804. The maximum Gasteiger partial charge on any atom is 0.328 e. The lowest BCUT2D eigenvalue weighted by Gasteiger charge is -2.28. The van der Waals surface area contributed by atoms with Gasteiger partial charge in [-0.1, -0.05) is 12.1 Å². The third kappa shape index (κ3) is 2.76. The molecule has 1 aromatic carbocycles. The Labute approximate surface area is 118 Å². The summed E-state index contributed by atoms with van der Waals surface area (Å²) in [6.45, 7) is 1.69. The van der Waals surface area contributed by atoms with Gasteiger partial charge in [0, 0.05) is 6.04 Å². The molecule has 5 heteroatoms. The highest BCUT2D eigenvalue weighted by atomic mass is 16.5. The van der Waals surface area contributed by atoms with Crippen LogP contribution in [0.2, 0.25) is 0 Å². The average molecular weight is 277 g/mol. The zero-order valence-electron chi connectivity index (χ0n) is 12.0. The van der Waals surface area contributed by atoms with Crippen molar-refractivity contribution in [2.24, 2.45) is 0 Å². The van der Waals surface area contributed by atoms with E-state index in [1.54, 1.807) is 36.1 Å². The van der Waals surface area contributed by atoms with Crippen molar-refractivity contribution in [3.63, 3.8) is 0 Å².